The van der Waals surface area contributed by atoms with E-state index in [1.165, 1.54) is 5.06 Å². The first-order valence-corrected chi connectivity index (χ1v) is 7.04. The standard InChI is InChI=1S/C5H11F2NO3Si.C4H11NO3.H2S/c1-3-8(4-2)11-12(9)10-5(6)7;5-4(1-6,2-7)3-8;/h5H,3-4H2,1-2H3;6-8H,1-3,5H2;1H2. The average molecular weight is 354 g/mol. The largest absolute Gasteiger partial charge is 0.792 e. The van der Waals surface area contributed by atoms with Crippen molar-refractivity contribution in [3.05, 3.63) is 0 Å². The summed E-state index contributed by atoms with van der Waals surface area (Å²) in [5.74, 6) is 0. The summed E-state index contributed by atoms with van der Waals surface area (Å²) >= 11 is 0. The summed E-state index contributed by atoms with van der Waals surface area (Å²) in [6.45, 7) is 0.188. The smallest absolute Gasteiger partial charge is 0.439 e. The first-order chi connectivity index (χ1) is 9.28. The van der Waals surface area contributed by atoms with Gasteiger partial charge in [-0.3, -0.25) is 4.46 Å². The van der Waals surface area contributed by atoms with Crippen LogP contribution in [0.15, 0.2) is 0 Å². The summed E-state index contributed by atoms with van der Waals surface area (Å²) in [6, 6.07) is 0. The molecule has 0 rings (SSSR count). The molecular weight excluding hydrogens is 330 g/mol. The van der Waals surface area contributed by atoms with Gasteiger partial charge in [0, 0.05) is 13.1 Å². The molecule has 0 spiro atoms. The van der Waals surface area contributed by atoms with E-state index in [9.17, 15) is 13.2 Å². The third kappa shape index (κ3) is 14.3. The van der Waals surface area contributed by atoms with Crippen LogP contribution in [-0.4, -0.2) is 74.6 Å². The summed E-state index contributed by atoms with van der Waals surface area (Å²) in [5.41, 5.74) is 3.94. The van der Waals surface area contributed by atoms with Crippen molar-refractivity contribution in [1.82, 2.24) is 5.06 Å². The zero-order valence-electron chi connectivity index (χ0n) is 12.0. The van der Waals surface area contributed by atoms with Crippen molar-refractivity contribution in [2.45, 2.75) is 26.0 Å². The predicted octanol–water partition coefficient (Wildman–Crippen LogP) is -1.31. The molecule has 0 radical (unpaired) electrons. The Balaban J connectivity index is -0.000000317. The van der Waals surface area contributed by atoms with E-state index in [2.05, 4.69) is 8.95 Å². The highest BCUT2D eigenvalue weighted by atomic mass is 32.1. The lowest BCUT2D eigenvalue weighted by atomic mass is 10.1. The highest BCUT2D eigenvalue weighted by Gasteiger charge is 2.21. The maximum absolute atomic E-state index is 11.4. The van der Waals surface area contributed by atoms with E-state index >= 15 is 0 Å². The van der Waals surface area contributed by atoms with Crippen molar-refractivity contribution < 1.29 is 37.5 Å². The van der Waals surface area contributed by atoms with E-state index in [0.29, 0.717) is 13.1 Å². The molecule has 12 heteroatoms. The number of rotatable bonds is 9. The van der Waals surface area contributed by atoms with Crippen LogP contribution < -0.4 is 5.73 Å². The highest BCUT2D eigenvalue weighted by Crippen LogP contribution is 1.97. The molecule has 0 saturated carbocycles. The fourth-order valence-electron chi connectivity index (χ4n) is 0.702. The second-order valence-electron chi connectivity index (χ2n) is 3.67. The maximum Gasteiger partial charge on any atom is 0.792 e. The number of aliphatic hydroxyl groups is 3. The van der Waals surface area contributed by atoms with E-state index in [1.54, 1.807) is 13.8 Å². The van der Waals surface area contributed by atoms with Crippen LogP contribution in [0.3, 0.4) is 0 Å². The number of hydroxylamine groups is 2. The zero-order chi connectivity index (χ0) is 16.2. The van der Waals surface area contributed by atoms with Crippen molar-refractivity contribution in [3.63, 3.8) is 0 Å². The van der Waals surface area contributed by atoms with Crippen molar-refractivity contribution in [2.75, 3.05) is 32.9 Å². The quantitative estimate of drug-likeness (QED) is 0.297. The number of nitrogens with zero attached hydrogens (tertiary/aromatic N) is 1. The molecule has 0 aliphatic carbocycles. The minimum atomic E-state index is -3.09. The predicted molar refractivity (Wildman–Crippen MR) is 76.1 cm³/mol. The molecular formula is C9H24F2N2O6SSi. The van der Waals surface area contributed by atoms with Crippen LogP contribution in [0.25, 0.3) is 0 Å². The van der Waals surface area contributed by atoms with Crippen molar-refractivity contribution in [2.24, 2.45) is 5.73 Å². The first-order valence-electron chi connectivity index (χ1n) is 5.81. The molecule has 0 aromatic rings. The van der Waals surface area contributed by atoms with Crippen molar-refractivity contribution >= 4 is 22.7 Å². The number of nitrogens with two attached hydrogens (primary N) is 1. The van der Waals surface area contributed by atoms with E-state index in [4.69, 9.17) is 21.1 Å². The van der Waals surface area contributed by atoms with Crippen LogP contribution in [0.5, 0.6) is 0 Å². The van der Waals surface area contributed by atoms with Gasteiger partial charge >= 0.3 is 15.8 Å². The molecule has 0 fully saturated rings. The second-order valence-corrected chi connectivity index (χ2v) is 4.59. The fourth-order valence-corrected chi connectivity index (χ4v) is 1.36. The van der Waals surface area contributed by atoms with Crippen LogP contribution in [0.2, 0.25) is 0 Å². The van der Waals surface area contributed by atoms with Crippen LogP contribution in [0, 0.1) is 0 Å². The normalized spacial score (nSPS) is 10.6. The average Bonchev–Trinajstić information content (AvgIpc) is 2.43. The topological polar surface area (TPSA) is 125 Å². The molecule has 21 heavy (non-hydrogen) atoms. The van der Waals surface area contributed by atoms with Crippen LogP contribution >= 0.6 is 13.5 Å². The summed E-state index contributed by atoms with van der Waals surface area (Å²) in [6.07, 6.45) is 0. The van der Waals surface area contributed by atoms with E-state index < -0.39 is 41.1 Å². The van der Waals surface area contributed by atoms with Crippen molar-refractivity contribution in [1.29, 1.82) is 0 Å². The number of aliphatic hydroxyl groups excluding tert-OH is 3. The van der Waals surface area contributed by atoms with Gasteiger partial charge < -0.3 is 30.0 Å². The Bertz CT molecular complexity index is 252. The summed E-state index contributed by atoms with van der Waals surface area (Å²) in [7, 11) is -3.09. The Labute approximate surface area is 130 Å². The second kappa shape index (κ2) is 14.6. The Morgan fingerprint density at radius 1 is 1.19 bits per heavy atom. The molecule has 0 aromatic carbocycles. The fraction of sp³-hybridized carbons (Fsp3) is 1.00. The van der Waals surface area contributed by atoms with Gasteiger partial charge in [-0.1, -0.05) is 0 Å². The van der Waals surface area contributed by atoms with Gasteiger partial charge in [0.05, 0.1) is 25.4 Å². The van der Waals surface area contributed by atoms with E-state index in [0.717, 1.165) is 0 Å². The third-order valence-electron chi connectivity index (χ3n) is 2.04. The molecule has 0 saturated heterocycles. The lowest BCUT2D eigenvalue weighted by molar-refractivity contribution is -0.126. The SMILES string of the molecule is CCN(CC)O[Si](=O)OC(F)F.NC(CO)(CO)CO.S. The molecule has 5 N–H and O–H groups in total. The molecule has 0 atom stereocenters. The van der Waals surface area contributed by atoms with Crippen LogP contribution in [-0.2, 0) is 13.4 Å². The Hall–Kier alpha value is -0.373. The maximum atomic E-state index is 11.4. The lowest BCUT2D eigenvalue weighted by Gasteiger charge is -2.20. The minimum Gasteiger partial charge on any atom is -0.439 e. The van der Waals surface area contributed by atoms with Gasteiger partial charge in [0.15, 0.2) is 0 Å². The molecule has 0 amide bonds. The number of alkyl halides is 2. The Morgan fingerprint density at radius 2 is 1.57 bits per heavy atom. The Morgan fingerprint density at radius 3 is 1.76 bits per heavy atom. The minimum absolute atomic E-state index is 0. The molecule has 8 nitrogen and oxygen atoms in total. The lowest BCUT2D eigenvalue weighted by Crippen LogP contribution is -2.50. The van der Waals surface area contributed by atoms with Gasteiger partial charge in [-0.15, -0.1) is 0 Å². The summed E-state index contributed by atoms with van der Waals surface area (Å²) in [5, 5.41) is 26.3. The van der Waals surface area contributed by atoms with E-state index in [-0.39, 0.29) is 13.5 Å². The molecule has 0 aromatic heterocycles. The monoisotopic (exact) mass is 354 g/mol. The Kier molecular flexibility index (Phi) is 17.7. The molecule has 0 bridgehead atoms. The molecule has 130 valence electrons. The van der Waals surface area contributed by atoms with Gasteiger partial charge in [-0.05, 0) is 13.8 Å². The van der Waals surface area contributed by atoms with Gasteiger partial charge in [0.1, 0.15) is 0 Å². The van der Waals surface area contributed by atoms with Crippen LogP contribution in [0.1, 0.15) is 13.8 Å². The van der Waals surface area contributed by atoms with Gasteiger partial charge in [-0.25, -0.2) is 0 Å². The molecule has 0 aliphatic heterocycles. The van der Waals surface area contributed by atoms with Gasteiger partial charge in [0.2, 0.25) is 0 Å². The first kappa shape index (κ1) is 25.6. The van der Waals surface area contributed by atoms with E-state index in [1.807, 2.05) is 0 Å². The molecule has 0 aliphatic rings. The summed E-state index contributed by atoms with van der Waals surface area (Å²) < 4.78 is 41.7. The number of halogens is 2. The molecule has 0 unspecified atom stereocenters. The van der Waals surface area contributed by atoms with Gasteiger partial charge in [0.25, 0.3) is 0 Å². The number of hydrogen-bond acceptors (Lipinski definition) is 8. The zero-order valence-corrected chi connectivity index (χ0v) is 14.0. The summed E-state index contributed by atoms with van der Waals surface area (Å²) in [4.78, 5) is 0. The molecule has 0 heterocycles. The number of hydrogen-bond donors (Lipinski definition) is 4. The van der Waals surface area contributed by atoms with Gasteiger partial charge in [-0.2, -0.15) is 27.3 Å². The highest BCUT2D eigenvalue weighted by molar-refractivity contribution is 7.59. The van der Waals surface area contributed by atoms with Crippen molar-refractivity contribution in [3.8, 4) is 0 Å². The third-order valence-corrected chi connectivity index (χ3v) is 2.82. The van der Waals surface area contributed by atoms with Crippen LogP contribution in [0.4, 0.5) is 8.78 Å².